The Morgan fingerprint density at radius 3 is 3.14 bits per heavy atom. The summed E-state index contributed by atoms with van der Waals surface area (Å²) >= 11 is 0. The number of H-pyrrole nitrogens is 1. The molecule has 2 aromatic heterocycles. The van der Waals surface area contributed by atoms with Crippen LogP contribution in [0.4, 0.5) is 5.95 Å². The van der Waals surface area contributed by atoms with Crippen molar-refractivity contribution in [2.45, 2.75) is 5.85 Å². The normalized spacial score (nSPS) is 23.6. The van der Waals surface area contributed by atoms with Crippen molar-refractivity contribution in [2.75, 3.05) is 5.32 Å². The third-order valence-electron chi connectivity index (χ3n) is 2.93. The van der Waals surface area contributed by atoms with Crippen LogP contribution in [0.15, 0.2) is 44.4 Å². The van der Waals surface area contributed by atoms with Gasteiger partial charge in [-0.15, -0.1) is 5.11 Å². The molecule has 5 N–H and O–H groups in total. The summed E-state index contributed by atoms with van der Waals surface area (Å²) in [6.45, 7) is 0. The zero-order valence-electron chi connectivity index (χ0n) is 10.4. The summed E-state index contributed by atoms with van der Waals surface area (Å²) in [6, 6.07) is 0. The summed E-state index contributed by atoms with van der Waals surface area (Å²) in [5.41, 5.74) is 6.36. The van der Waals surface area contributed by atoms with Gasteiger partial charge in [0.2, 0.25) is 11.9 Å². The summed E-state index contributed by atoms with van der Waals surface area (Å²) in [6.07, 6.45) is 4.49. The van der Waals surface area contributed by atoms with E-state index in [0.29, 0.717) is 5.65 Å². The number of nitrogens with two attached hydrogens (primary N) is 1. The highest BCUT2D eigenvalue weighted by atomic mass is 16.3. The van der Waals surface area contributed by atoms with E-state index in [1.54, 1.807) is 12.4 Å². The molecule has 0 fully saturated rings. The molecule has 0 saturated carbocycles. The van der Waals surface area contributed by atoms with Crippen LogP contribution in [0.5, 0.6) is 0 Å². The van der Waals surface area contributed by atoms with E-state index in [4.69, 9.17) is 5.73 Å². The predicted octanol–water partition coefficient (Wildman–Crippen LogP) is -0.513. The lowest BCUT2D eigenvalue weighted by Gasteiger charge is -2.27. The molecule has 1 unspecified atom stereocenters. The van der Waals surface area contributed by atoms with Gasteiger partial charge in [0.1, 0.15) is 0 Å². The zero-order valence-corrected chi connectivity index (χ0v) is 10.4. The average Bonchev–Trinajstić information content (AvgIpc) is 3.05. The van der Waals surface area contributed by atoms with Crippen LogP contribution in [0.25, 0.3) is 11.0 Å². The van der Waals surface area contributed by atoms with Gasteiger partial charge in [-0.3, -0.25) is 5.10 Å². The van der Waals surface area contributed by atoms with Crippen LogP contribution in [0.1, 0.15) is 0 Å². The number of nitrogens with zero attached hydrogens (tertiary/aromatic N) is 7. The molecule has 0 radical (unpaired) electrons. The van der Waals surface area contributed by atoms with E-state index >= 15 is 0 Å². The van der Waals surface area contributed by atoms with E-state index in [0.717, 1.165) is 5.39 Å². The Morgan fingerprint density at radius 1 is 1.33 bits per heavy atom. The van der Waals surface area contributed by atoms with Gasteiger partial charge in [-0.2, -0.15) is 25.2 Å². The first-order valence-corrected chi connectivity index (χ1v) is 5.87. The van der Waals surface area contributed by atoms with Crippen LogP contribution in [0.2, 0.25) is 0 Å². The molecule has 0 bridgehead atoms. The number of amidine groups is 1. The van der Waals surface area contributed by atoms with Crippen molar-refractivity contribution in [1.29, 1.82) is 0 Å². The molecule has 11 heteroatoms. The fraction of sp³-hybridized carbons (Fsp3) is 0.100. The van der Waals surface area contributed by atoms with E-state index in [9.17, 15) is 5.11 Å². The number of guanidine groups is 1. The molecule has 1 atom stereocenters. The Kier molecular flexibility index (Phi) is 2.15. The average molecular weight is 284 g/mol. The maximum absolute atomic E-state index is 10.6. The number of hydrogen-bond acceptors (Lipinski definition) is 10. The van der Waals surface area contributed by atoms with Crippen LogP contribution in [-0.2, 0) is 0 Å². The highest BCUT2D eigenvalue weighted by Gasteiger charge is 2.40. The highest BCUT2D eigenvalue weighted by Crippen LogP contribution is 2.28. The van der Waals surface area contributed by atoms with E-state index in [1.807, 2.05) is 0 Å². The molecule has 21 heavy (non-hydrogen) atoms. The molecule has 2 aliphatic rings. The third kappa shape index (κ3) is 1.75. The molecule has 4 rings (SSSR count). The number of aromatic amines is 1. The molecular formula is C10H8N10O. The van der Waals surface area contributed by atoms with Crippen LogP contribution < -0.4 is 11.1 Å². The number of aliphatic hydroxyl groups is 1. The van der Waals surface area contributed by atoms with E-state index in [-0.39, 0.29) is 23.3 Å². The quantitative estimate of drug-likeness (QED) is 0.542. The van der Waals surface area contributed by atoms with Gasteiger partial charge in [0, 0.05) is 6.20 Å². The molecule has 4 heterocycles. The van der Waals surface area contributed by atoms with Crippen molar-refractivity contribution >= 4 is 28.8 Å². The van der Waals surface area contributed by atoms with Crippen molar-refractivity contribution in [2.24, 2.45) is 25.9 Å². The van der Waals surface area contributed by atoms with Gasteiger partial charge in [0.25, 0.3) is 5.85 Å². The second kappa shape index (κ2) is 3.89. The minimum absolute atomic E-state index is 0.124. The topological polar surface area (TPSA) is 162 Å². The first kappa shape index (κ1) is 11.6. The Balaban J connectivity index is 1.74. The second-order valence-electron chi connectivity index (χ2n) is 4.33. The van der Waals surface area contributed by atoms with Gasteiger partial charge in [0.05, 0.1) is 23.4 Å². The fourth-order valence-corrected chi connectivity index (χ4v) is 1.99. The van der Waals surface area contributed by atoms with Gasteiger partial charge < -0.3 is 16.2 Å². The van der Waals surface area contributed by atoms with Gasteiger partial charge in [-0.05, 0) is 0 Å². The lowest BCUT2D eigenvalue weighted by molar-refractivity contribution is 0.123. The lowest BCUT2D eigenvalue weighted by Crippen LogP contribution is -2.45. The van der Waals surface area contributed by atoms with Crippen LogP contribution in [0, 0.1) is 0 Å². The van der Waals surface area contributed by atoms with E-state index in [1.165, 1.54) is 6.20 Å². The number of azo groups is 1. The predicted molar refractivity (Wildman–Crippen MR) is 72.3 cm³/mol. The molecule has 0 aliphatic carbocycles. The highest BCUT2D eigenvalue weighted by molar-refractivity contribution is 6.10. The second-order valence-corrected chi connectivity index (χ2v) is 4.33. The third-order valence-corrected chi connectivity index (χ3v) is 2.93. The van der Waals surface area contributed by atoms with Crippen LogP contribution >= 0.6 is 0 Å². The number of fused-ring (bicyclic) bond motifs is 2. The summed E-state index contributed by atoms with van der Waals surface area (Å²) in [4.78, 5) is 16.0. The number of aromatic nitrogens is 4. The number of rotatable bonds is 2. The zero-order chi connectivity index (χ0) is 14.4. The molecular weight excluding hydrogens is 276 g/mol. The Morgan fingerprint density at radius 2 is 2.24 bits per heavy atom. The van der Waals surface area contributed by atoms with Crippen molar-refractivity contribution in [1.82, 2.24) is 20.2 Å². The molecule has 0 aromatic carbocycles. The minimum Gasteiger partial charge on any atom is -0.368 e. The van der Waals surface area contributed by atoms with Crippen molar-refractivity contribution < 1.29 is 5.11 Å². The van der Waals surface area contributed by atoms with Gasteiger partial charge in [0.15, 0.2) is 11.5 Å². The standard InChI is InChI=1S/C10H8N10O/c11-8-15-7-5(3-14-20-7)10(21,17-8)18-9-12-1-4-2-13-19-6(4)16-9/h1-3,21H,(H2,11,17)(H2,12,13,16,18,19). The van der Waals surface area contributed by atoms with Gasteiger partial charge in [-0.25, -0.2) is 4.98 Å². The van der Waals surface area contributed by atoms with Crippen molar-refractivity contribution in [3.8, 4) is 0 Å². The molecule has 11 nitrogen and oxygen atoms in total. The minimum atomic E-state index is -1.88. The maximum Gasteiger partial charge on any atom is 0.273 e. The first-order chi connectivity index (χ1) is 10.1. The molecule has 2 aliphatic heterocycles. The molecule has 104 valence electrons. The Bertz CT molecular complexity index is 862. The SMILES string of the molecule is NC1=NC(O)(Nc2ncc3cn[nH]c3n2)C2=CN=NC2=N1. The van der Waals surface area contributed by atoms with Crippen molar-refractivity contribution in [3.05, 3.63) is 24.2 Å². The summed E-state index contributed by atoms with van der Waals surface area (Å²) in [5.74, 6) is -1.67. The molecule has 2 aromatic rings. The largest absolute Gasteiger partial charge is 0.368 e. The Labute approximate surface area is 116 Å². The van der Waals surface area contributed by atoms with Crippen LogP contribution in [0.3, 0.4) is 0 Å². The number of nitrogens with one attached hydrogen (secondary N) is 2. The Hall–Kier alpha value is -3.21. The van der Waals surface area contributed by atoms with Gasteiger partial charge in [-0.1, -0.05) is 0 Å². The van der Waals surface area contributed by atoms with E-state index in [2.05, 4.69) is 45.7 Å². The summed E-state index contributed by atoms with van der Waals surface area (Å²) in [7, 11) is 0. The summed E-state index contributed by atoms with van der Waals surface area (Å²) in [5, 5.41) is 28.1. The monoisotopic (exact) mass is 284 g/mol. The molecule has 0 spiro atoms. The first-order valence-electron chi connectivity index (χ1n) is 5.87. The number of anilines is 1. The molecule has 0 saturated heterocycles. The number of hydrogen-bond donors (Lipinski definition) is 4. The van der Waals surface area contributed by atoms with Crippen molar-refractivity contribution in [3.63, 3.8) is 0 Å². The van der Waals surface area contributed by atoms with Crippen LogP contribution in [-0.4, -0.2) is 42.9 Å². The van der Waals surface area contributed by atoms with E-state index < -0.39 is 5.85 Å². The summed E-state index contributed by atoms with van der Waals surface area (Å²) < 4.78 is 0. The van der Waals surface area contributed by atoms with Gasteiger partial charge >= 0.3 is 0 Å². The fourth-order valence-electron chi connectivity index (χ4n) is 1.99. The smallest absolute Gasteiger partial charge is 0.273 e. The maximum atomic E-state index is 10.6. The molecule has 0 amide bonds. The number of aliphatic imine (C=N–C) groups is 2. The lowest BCUT2D eigenvalue weighted by atomic mass is 10.1.